The maximum Gasteiger partial charge on any atom is 0.248 e. The Morgan fingerprint density at radius 1 is 1.00 bits per heavy atom. The lowest BCUT2D eigenvalue weighted by Crippen LogP contribution is -2.16. The molecule has 6 nitrogen and oxygen atoms in total. The largest absolute Gasteiger partial charge is 0.496 e. The Morgan fingerprint density at radius 2 is 1.74 bits per heavy atom. The van der Waals surface area contributed by atoms with E-state index in [0.717, 1.165) is 38.8 Å². The van der Waals surface area contributed by atoms with Crippen molar-refractivity contribution < 1.29 is 23.4 Å². The van der Waals surface area contributed by atoms with Gasteiger partial charge in [0.05, 0.1) is 13.4 Å². The molecule has 0 fully saturated rings. The zero-order valence-electron chi connectivity index (χ0n) is 20.2. The summed E-state index contributed by atoms with van der Waals surface area (Å²) in [4.78, 5) is 12.9. The van der Waals surface area contributed by atoms with Crippen LogP contribution in [-0.4, -0.2) is 26.2 Å². The number of hydrogen-bond acceptors (Lipinski definition) is 5. The molecular formula is C29H27NO5. The Bertz CT molecular complexity index is 1450. The van der Waals surface area contributed by atoms with E-state index in [4.69, 9.17) is 18.6 Å². The van der Waals surface area contributed by atoms with Gasteiger partial charge in [0.2, 0.25) is 5.91 Å². The smallest absolute Gasteiger partial charge is 0.248 e. The molecule has 0 aliphatic carbocycles. The number of methoxy groups -OCH3 is 1. The number of ether oxygens (including phenoxy) is 3. The zero-order valence-corrected chi connectivity index (χ0v) is 20.2. The van der Waals surface area contributed by atoms with Crippen LogP contribution in [0.5, 0.6) is 17.2 Å². The van der Waals surface area contributed by atoms with Gasteiger partial charge in [-0.2, -0.15) is 0 Å². The molecule has 35 heavy (non-hydrogen) atoms. The minimum Gasteiger partial charge on any atom is -0.496 e. The van der Waals surface area contributed by atoms with Crippen molar-refractivity contribution in [1.82, 2.24) is 0 Å². The molecule has 6 heteroatoms. The lowest BCUT2D eigenvalue weighted by atomic mass is 9.96. The second-order valence-electron chi connectivity index (χ2n) is 8.65. The Hall–Kier alpha value is -4.19. The van der Waals surface area contributed by atoms with Crippen LogP contribution >= 0.6 is 0 Å². The first kappa shape index (κ1) is 22.6. The van der Waals surface area contributed by atoms with Crippen LogP contribution in [0.15, 0.2) is 65.3 Å². The highest BCUT2D eigenvalue weighted by Crippen LogP contribution is 2.40. The maximum absolute atomic E-state index is 12.9. The summed E-state index contributed by atoms with van der Waals surface area (Å²) < 4.78 is 22.8. The van der Waals surface area contributed by atoms with Crippen molar-refractivity contribution in [3.63, 3.8) is 0 Å². The van der Waals surface area contributed by atoms with Crippen molar-refractivity contribution in [1.29, 1.82) is 0 Å². The highest BCUT2D eigenvalue weighted by Gasteiger charge is 2.19. The average molecular weight is 470 g/mol. The molecule has 1 aromatic heterocycles. The van der Waals surface area contributed by atoms with Crippen molar-refractivity contribution in [3.05, 3.63) is 77.6 Å². The standard InChI is InChI=1S/C29H27NO5/c1-17-5-7-20(8-6-17)24-16-35-29-19(3)28(32-4)22(15-23(24)29)18(2)13-27(31)30-21-9-10-25-26(14-21)34-12-11-33-25/h5-10,13-16H,11-12H2,1-4H3,(H,30,31)/b18-13+. The fourth-order valence-corrected chi connectivity index (χ4v) is 4.40. The minimum atomic E-state index is -0.245. The molecule has 0 spiro atoms. The number of allylic oxidation sites excluding steroid dienone is 1. The molecule has 4 aromatic rings. The van der Waals surface area contributed by atoms with E-state index in [-0.39, 0.29) is 5.91 Å². The molecule has 0 bridgehead atoms. The van der Waals surface area contributed by atoms with Gasteiger partial charge in [0, 0.05) is 39.9 Å². The molecule has 3 aromatic carbocycles. The lowest BCUT2D eigenvalue weighted by molar-refractivity contribution is -0.111. The van der Waals surface area contributed by atoms with Gasteiger partial charge in [0.15, 0.2) is 11.5 Å². The molecule has 178 valence electrons. The second kappa shape index (κ2) is 9.22. The topological polar surface area (TPSA) is 69.9 Å². The summed E-state index contributed by atoms with van der Waals surface area (Å²) >= 11 is 0. The minimum absolute atomic E-state index is 0.245. The summed E-state index contributed by atoms with van der Waals surface area (Å²) in [6.45, 7) is 6.94. The van der Waals surface area contributed by atoms with Crippen molar-refractivity contribution >= 4 is 28.1 Å². The van der Waals surface area contributed by atoms with E-state index in [2.05, 4.69) is 36.5 Å². The SMILES string of the molecule is COc1c(/C(C)=C/C(=O)Nc2ccc3c(c2)OCCO3)cc2c(-c3ccc(C)cc3)coc2c1C. The van der Waals surface area contributed by atoms with Crippen LogP contribution in [0.4, 0.5) is 5.69 Å². The van der Waals surface area contributed by atoms with Gasteiger partial charge in [-0.15, -0.1) is 0 Å². The van der Waals surface area contributed by atoms with E-state index in [9.17, 15) is 4.79 Å². The summed E-state index contributed by atoms with van der Waals surface area (Å²) in [5.41, 5.74) is 7.18. The molecular weight excluding hydrogens is 442 g/mol. The van der Waals surface area contributed by atoms with Gasteiger partial charge in [-0.1, -0.05) is 29.8 Å². The number of fused-ring (bicyclic) bond motifs is 2. The quantitative estimate of drug-likeness (QED) is 0.336. The number of carbonyl (C=O) groups excluding carboxylic acids is 1. The van der Waals surface area contributed by atoms with E-state index in [1.165, 1.54) is 5.56 Å². The molecule has 2 heterocycles. The first-order chi connectivity index (χ1) is 16.9. The first-order valence-electron chi connectivity index (χ1n) is 11.5. The summed E-state index contributed by atoms with van der Waals surface area (Å²) in [7, 11) is 1.63. The van der Waals surface area contributed by atoms with Crippen LogP contribution in [0, 0.1) is 13.8 Å². The molecule has 5 rings (SSSR count). The van der Waals surface area contributed by atoms with Crippen LogP contribution < -0.4 is 19.5 Å². The second-order valence-corrected chi connectivity index (χ2v) is 8.65. The van der Waals surface area contributed by atoms with Gasteiger partial charge < -0.3 is 23.9 Å². The van der Waals surface area contributed by atoms with Crippen LogP contribution in [0.2, 0.25) is 0 Å². The molecule has 0 saturated carbocycles. The summed E-state index contributed by atoms with van der Waals surface area (Å²) in [5, 5.41) is 3.88. The monoisotopic (exact) mass is 469 g/mol. The normalized spacial score (nSPS) is 13.1. The summed E-state index contributed by atoms with van der Waals surface area (Å²) in [6, 6.07) is 15.7. The van der Waals surface area contributed by atoms with Crippen molar-refractivity contribution in [3.8, 4) is 28.4 Å². The van der Waals surface area contributed by atoms with Crippen LogP contribution in [0.1, 0.15) is 23.6 Å². The molecule has 1 aliphatic heterocycles. The summed E-state index contributed by atoms with van der Waals surface area (Å²) in [5.74, 6) is 1.74. The Balaban J connectivity index is 1.49. The predicted molar refractivity (Wildman–Crippen MR) is 137 cm³/mol. The molecule has 0 saturated heterocycles. The number of rotatable bonds is 5. The van der Waals surface area contributed by atoms with Crippen molar-refractivity contribution in [2.75, 3.05) is 25.6 Å². The number of hydrogen-bond donors (Lipinski definition) is 1. The van der Waals surface area contributed by atoms with Crippen LogP contribution in [0.3, 0.4) is 0 Å². The third kappa shape index (κ3) is 4.35. The van der Waals surface area contributed by atoms with Gasteiger partial charge in [-0.25, -0.2) is 0 Å². The Morgan fingerprint density at radius 3 is 2.49 bits per heavy atom. The van der Waals surface area contributed by atoms with E-state index in [0.29, 0.717) is 36.1 Å². The molecule has 1 aliphatic rings. The maximum atomic E-state index is 12.9. The fraction of sp³-hybridized carbons (Fsp3) is 0.207. The number of nitrogens with one attached hydrogen (secondary N) is 1. The van der Waals surface area contributed by atoms with Crippen molar-refractivity contribution in [2.45, 2.75) is 20.8 Å². The number of amides is 1. The molecule has 1 N–H and O–H groups in total. The first-order valence-corrected chi connectivity index (χ1v) is 11.5. The van der Waals surface area contributed by atoms with Gasteiger partial charge in [-0.05, 0) is 50.1 Å². The number of benzene rings is 3. The number of furan rings is 1. The lowest BCUT2D eigenvalue weighted by Gasteiger charge is -2.18. The highest BCUT2D eigenvalue weighted by molar-refractivity contribution is 6.06. The number of anilines is 1. The number of carbonyl (C=O) groups is 1. The van der Waals surface area contributed by atoms with E-state index >= 15 is 0 Å². The van der Waals surface area contributed by atoms with Gasteiger partial charge >= 0.3 is 0 Å². The predicted octanol–water partition coefficient (Wildman–Crippen LogP) is 6.54. The fourth-order valence-electron chi connectivity index (χ4n) is 4.40. The summed E-state index contributed by atoms with van der Waals surface area (Å²) in [6.07, 6.45) is 3.35. The molecule has 0 radical (unpaired) electrons. The van der Waals surface area contributed by atoms with E-state index in [1.807, 2.05) is 19.9 Å². The van der Waals surface area contributed by atoms with Crippen LogP contribution in [0.25, 0.3) is 27.7 Å². The third-order valence-corrected chi connectivity index (χ3v) is 6.19. The Labute approximate surface area is 204 Å². The Kier molecular flexibility index (Phi) is 5.95. The molecule has 0 atom stereocenters. The van der Waals surface area contributed by atoms with E-state index < -0.39 is 0 Å². The third-order valence-electron chi connectivity index (χ3n) is 6.19. The van der Waals surface area contributed by atoms with Gasteiger partial charge in [-0.3, -0.25) is 4.79 Å². The van der Waals surface area contributed by atoms with Gasteiger partial charge in [0.1, 0.15) is 24.5 Å². The molecule has 0 unspecified atom stereocenters. The number of aryl methyl sites for hydroxylation is 2. The zero-order chi connectivity index (χ0) is 24.5. The van der Waals surface area contributed by atoms with E-state index in [1.54, 1.807) is 37.6 Å². The molecule has 1 amide bonds. The highest BCUT2D eigenvalue weighted by atomic mass is 16.6. The van der Waals surface area contributed by atoms with Gasteiger partial charge in [0.25, 0.3) is 0 Å². The van der Waals surface area contributed by atoms with Crippen molar-refractivity contribution in [2.24, 2.45) is 0 Å². The van der Waals surface area contributed by atoms with Crippen LogP contribution in [-0.2, 0) is 4.79 Å². The average Bonchev–Trinajstić information content (AvgIpc) is 3.28.